The Morgan fingerprint density at radius 2 is 0.855 bits per heavy atom. The van der Waals surface area contributed by atoms with Crippen molar-refractivity contribution in [3.8, 4) is 0 Å². The second-order valence-corrected chi connectivity index (χ2v) is 22.4. The van der Waals surface area contributed by atoms with Crippen molar-refractivity contribution >= 4 is 13.7 Å². The van der Waals surface area contributed by atoms with Crippen LogP contribution in [0.2, 0.25) is 0 Å². The van der Waals surface area contributed by atoms with E-state index in [0.29, 0.717) is 17.4 Å². The lowest BCUT2D eigenvalue weighted by Crippen LogP contribution is -2.45. The monoisotopic (exact) mass is 990 g/mol. The van der Waals surface area contributed by atoms with Gasteiger partial charge in [0.2, 0.25) is 5.91 Å². The number of phosphoric ester groups is 1. The fraction of sp³-hybridized carbons (Fsp3) is 0.817. The zero-order valence-electron chi connectivity index (χ0n) is 46.0. The highest BCUT2D eigenvalue weighted by Crippen LogP contribution is 2.43. The molecule has 404 valence electrons. The minimum absolute atomic E-state index is 0.0532. The van der Waals surface area contributed by atoms with E-state index in [9.17, 15) is 19.4 Å². The number of aliphatic hydroxyl groups excluding tert-OH is 1. The van der Waals surface area contributed by atoms with Gasteiger partial charge in [0.25, 0.3) is 0 Å². The number of hydrogen-bond donors (Lipinski definition) is 3. The Balaban J connectivity index is 3.96. The molecule has 0 aromatic heterocycles. The predicted octanol–water partition coefficient (Wildman–Crippen LogP) is 17.7. The van der Waals surface area contributed by atoms with Crippen molar-refractivity contribution in [2.45, 2.75) is 276 Å². The maximum Gasteiger partial charge on any atom is 0.472 e. The van der Waals surface area contributed by atoms with E-state index in [1.165, 1.54) is 186 Å². The normalized spacial score (nSPS) is 14.4. The predicted molar refractivity (Wildman–Crippen MR) is 300 cm³/mol. The third-order valence-corrected chi connectivity index (χ3v) is 13.9. The Labute approximate surface area is 428 Å². The molecule has 8 nitrogen and oxygen atoms in total. The highest BCUT2D eigenvalue weighted by molar-refractivity contribution is 7.47. The molecule has 0 saturated carbocycles. The Kier molecular flexibility index (Phi) is 49.8. The summed E-state index contributed by atoms with van der Waals surface area (Å²) in [4.78, 5) is 23.2. The molecule has 0 heterocycles. The Hall–Kier alpha value is -1.80. The molecule has 0 aliphatic rings. The topological polar surface area (TPSA) is 105 Å². The van der Waals surface area contributed by atoms with Gasteiger partial charge >= 0.3 is 7.82 Å². The number of amides is 1. The van der Waals surface area contributed by atoms with E-state index < -0.39 is 20.0 Å². The minimum Gasteiger partial charge on any atom is -0.387 e. The van der Waals surface area contributed by atoms with Crippen LogP contribution in [0.4, 0.5) is 0 Å². The molecule has 0 radical (unpaired) electrons. The van der Waals surface area contributed by atoms with E-state index in [0.717, 1.165) is 57.8 Å². The third kappa shape index (κ3) is 53.8. The van der Waals surface area contributed by atoms with Crippen molar-refractivity contribution in [1.29, 1.82) is 0 Å². The number of carbonyl (C=O) groups excluding carboxylic acids is 1. The Morgan fingerprint density at radius 3 is 1.29 bits per heavy atom. The van der Waals surface area contributed by atoms with Gasteiger partial charge in [0.05, 0.1) is 39.9 Å². The summed E-state index contributed by atoms with van der Waals surface area (Å²) in [6.45, 7) is 4.73. The summed E-state index contributed by atoms with van der Waals surface area (Å²) >= 11 is 0. The van der Waals surface area contributed by atoms with Gasteiger partial charge in [-0.2, -0.15) is 0 Å². The maximum absolute atomic E-state index is 12.9. The summed E-state index contributed by atoms with van der Waals surface area (Å²) in [5, 5.41) is 13.8. The first-order valence-electron chi connectivity index (χ1n) is 29.2. The number of unbranched alkanes of at least 4 members (excludes halogenated alkanes) is 32. The van der Waals surface area contributed by atoms with Crippen LogP contribution in [0.15, 0.2) is 60.8 Å². The van der Waals surface area contributed by atoms with E-state index in [2.05, 4.69) is 67.8 Å². The number of carbonyl (C=O) groups is 1. The van der Waals surface area contributed by atoms with Crippen LogP contribution in [0.5, 0.6) is 0 Å². The molecule has 0 spiro atoms. The Bertz CT molecular complexity index is 1310. The minimum atomic E-state index is -4.35. The molecule has 0 saturated heterocycles. The van der Waals surface area contributed by atoms with Gasteiger partial charge in [-0.05, 0) is 70.6 Å². The summed E-state index contributed by atoms with van der Waals surface area (Å²) < 4.78 is 23.6. The van der Waals surface area contributed by atoms with Crippen molar-refractivity contribution in [3.05, 3.63) is 60.8 Å². The van der Waals surface area contributed by atoms with Crippen molar-refractivity contribution in [3.63, 3.8) is 0 Å². The molecule has 0 aromatic rings. The average Bonchev–Trinajstić information content (AvgIpc) is 3.31. The van der Waals surface area contributed by atoms with Gasteiger partial charge in [0.1, 0.15) is 13.2 Å². The van der Waals surface area contributed by atoms with E-state index >= 15 is 0 Å². The highest BCUT2D eigenvalue weighted by Gasteiger charge is 2.27. The third-order valence-electron chi connectivity index (χ3n) is 12.9. The molecule has 0 fully saturated rings. The molecule has 3 N–H and O–H groups in total. The summed E-state index contributed by atoms with van der Waals surface area (Å²) in [5.74, 6) is -0.190. The lowest BCUT2D eigenvalue weighted by molar-refractivity contribution is -0.870. The van der Waals surface area contributed by atoms with E-state index in [-0.39, 0.29) is 19.1 Å². The first-order valence-corrected chi connectivity index (χ1v) is 30.7. The average molecular weight is 991 g/mol. The fourth-order valence-corrected chi connectivity index (χ4v) is 9.06. The van der Waals surface area contributed by atoms with Crippen LogP contribution in [0.25, 0.3) is 0 Å². The number of rotatable bonds is 53. The number of quaternary nitrogens is 1. The van der Waals surface area contributed by atoms with Crippen LogP contribution in [-0.2, 0) is 18.4 Å². The van der Waals surface area contributed by atoms with Gasteiger partial charge < -0.3 is 19.8 Å². The molecule has 9 heteroatoms. The van der Waals surface area contributed by atoms with Crippen molar-refractivity contribution in [2.24, 2.45) is 0 Å². The lowest BCUT2D eigenvalue weighted by atomic mass is 10.0. The maximum atomic E-state index is 12.9. The number of allylic oxidation sites excluding steroid dienone is 9. The molecule has 69 heavy (non-hydrogen) atoms. The van der Waals surface area contributed by atoms with E-state index in [1.807, 2.05) is 27.2 Å². The molecule has 3 unspecified atom stereocenters. The van der Waals surface area contributed by atoms with Crippen LogP contribution < -0.4 is 5.32 Å². The van der Waals surface area contributed by atoms with Crippen LogP contribution in [-0.4, -0.2) is 73.4 Å². The molecule has 0 aliphatic heterocycles. The molecular formula is C60H114N2O6P+. The lowest BCUT2D eigenvalue weighted by Gasteiger charge is -2.25. The van der Waals surface area contributed by atoms with Crippen LogP contribution in [0, 0.1) is 0 Å². The SMILES string of the molecule is CCCC/C=C/CC/C=C/CC/C=C/C(O)C(COP(=O)(O)OCC[N+](C)(C)C)NC(=O)CCCCCCCCCCCCCCCCCCCCCCCCC/C=C\C/C=C\CCCCCCC. The molecule has 0 aliphatic carbocycles. The second kappa shape index (κ2) is 51.1. The first kappa shape index (κ1) is 67.2. The highest BCUT2D eigenvalue weighted by atomic mass is 31.2. The Morgan fingerprint density at radius 1 is 0.493 bits per heavy atom. The number of nitrogens with zero attached hydrogens (tertiary/aromatic N) is 1. The van der Waals surface area contributed by atoms with Gasteiger partial charge in [-0.15, -0.1) is 0 Å². The molecule has 1 amide bonds. The number of hydrogen-bond acceptors (Lipinski definition) is 5. The molecule has 0 aromatic carbocycles. The number of nitrogens with one attached hydrogen (secondary N) is 1. The quantitative estimate of drug-likeness (QED) is 0.0243. The molecule has 0 bridgehead atoms. The standard InChI is InChI=1S/C60H113N2O6P/c1-6-8-10-12-14-16-18-20-21-22-23-24-25-26-27-28-29-30-31-32-33-34-35-36-37-38-39-40-41-42-44-46-48-50-52-54-60(64)61-58(57-68-69(65,66)67-56-55-62(3,4)5)59(63)53-51-49-47-45-43-19-17-15-13-11-9-7-2/h13,15,18,20,22-23,43,45,51,53,58-59,63H,6-12,14,16-17,19,21,24-42,44,46-50,52,54-57H2,1-5H3,(H-,61,64,65,66)/p+1/b15-13+,20-18-,23-22-,45-43+,53-51+. The van der Waals surface area contributed by atoms with Crippen LogP contribution in [0.1, 0.15) is 264 Å². The second-order valence-electron chi connectivity index (χ2n) is 21.0. The molecular weight excluding hydrogens is 876 g/mol. The number of phosphoric acid groups is 1. The smallest absolute Gasteiger partial charge is 0.387 e. The largest absolute Gasteiger partial charge is 0.472 e. The number of aliphatic hydroxyl groups is 1. The fourth-order valence-electron chi connectivity index (χ4n) is 8.33. The zero-order valence-corrected chi connectivity index (χ0v) is 46.9. The van der Waals surface area contributed by atoms with Gasteiger partial charge in [-0.25, -0.2) is 4.57 Å². The molecule has 3 atom stereocenters. The summed E-state index contributed by atoms with van der Waals surface area (Å²) in [6, 6.07) is -0.869. The number of likely N-dealkylation sites (N-methyl/N-ethyl adjacent to an activating group) is 1. The zero-order chi connectivity index (χ0) is 50.6. The van der Waals surface area contributed by atoms with Crippen molar-refractivity contribution < 1.29 is 32.9 Å². The first-order chi connectivity index (χ1) is 33.5. The molecule has 0 rings (SSSR count). The van der Waals surface area contributed by atoms with Gasteiger partial charge in [-0.3, -0.25) is 13.8 Å². The van der Waals surface area contributed by atoms with Crippen LogP contribution in [0.3, 0.4) is 0 Å². The summed E-state index contributed by atoms with van der Waals surface area (Å²) in [5.41, 5.74) is 0. The van der Waals surface area contributed by atoms with Gasteiger partial charge in [-0.1, -0.05) is 248 Å². The van der Waals surface area contributed by atoms with Crippen molar-refractivity contribution in [1.82, 2.24) is 5.32 Å². The summed E-state index contributed by atoms with van der Waals surface area (Å²) in [6.07, 6.45) is 69.3. The van der Waals surface area contributed by atoms with Crippen LogP contribution >= 0.6 is 7.82 Å². The van der Waals surface area contributed by atoms with E-state index in [4.69, 9.17) is 9.05 Å². The van der Waals surface area contributed by atoms with Gasteiger partial charge in [0, 0.05) is 6.42 Å². The van der Waals surface area contributed by atoms with E-state index in [1.54, 1.807) is 6.08 Å². The van der Waals surface area contributed by atoms with Crippen molar-refractivity contribution in [2.75, 3.05) is 40.9 Å². The van der Waals surface area contributed by atoms with Gasteiger partial charge in [0.15, 0.2) is 0 Å². The summed E-state index contributed by atoms with van der Waals surface area (Å²) in [7, 11) is 1.55.